The molecule has 8 heterocycles. The molecule has 6 aliphatic heterocycles. The number of methoxy groups -OCH3 is 2. The van der Waals surface area contributed by atoms with Crippen molar-refractivity contribution >= 4 is 21.9 Å². The number of hydrogen-bond acceptors (Lipinski definition) is 6. The van der Waals surface area contributed by atoms with Crippen LogP contribution in [0.2, 0.25) is 0 Å². The first-order valence-corrected chi connectivity index (χ1v) is 18.3. The number of fused-ring (bicyclic) bond motifs is 8. The molecule has 6 heteroatoms. The van der Waals surface area contributed by atoms with E-state index < -0.39 is 0 Å². The van der Waals surface area contributed by atoms with Gasteiger partial charge in [0.2, 0.25) is 0 Å². The van der Waals surface area contributed by atoms with Crippen molar-refractivity contribution in [1.82, 2.24) is 9.80 Å². The van der Waals surface area contributed by atoms with Gasteiger partial charge < -0.3 is 18.3 Å². The molecule has 46 heavy (non-hydrogen) atoms. The first-order chi connectivity index (χ1) is 22.6. The van der Waals surface area contributed by atoms with Gasteiger partial charge >= 0.3 is 0 Å². The lowest BCUT2D eigenvalue weighted by molar-refractivity contribution is -0.0454. The third kappa shape index (κ3) is 4.08. The Morgan fingerprint density at radius 1 is 0.717 bits per heavy atom. The summed E-state index contributed by atoms with van der Waals surface area (Å²) in [5, 5.41) is 2.57. The van der Waals surface area contributed by atoms with E-state index in [0.717, 1.165) is 53.3 Å². The first kappa shape index (κ1) is 28.1. The molecule has 0 spiro atoms. The Bertz CT molecular complexity index is 1810. The molecule has 0 amide bonds. The number of benzene rings is 2. The Balaban J connectivity index is 0.940. The Morgan fingerprint density at radius 2 is 1.37 bits per heavy atom. The molecule has 0 radical (unpaired) electrons. The van der Waals surface area contributed by atoms with Crippen LogP contribution in [0.4, 0.5) is 0 Å². The van der Waals surface area contributed by atoms with E-state index in [9.17, 15) is 0 Å². The maximum absolute atomic E-state index is 6.75. The number of nitrogens with zero attached hydrogens (tertiary/aromatic N) is 2. The van der Waals surface area contributed by atoms with Crippen molar-refractivity contribution in [2.24, 2.45) is 17.8 Å². The van der Waals surface area contributed by atoms with Gasteiger partial charge in [0.05, 0.1) is 14.2 Å². The normalized spacial score (nSPS) is 37.2. The summed E-state index contributed by atoms with van der Waals surface area (Å²) in [5.41, 5.74) is 5.04. The summed E-state index contributed by atoms with van der Waals surface area (Å²) >= 11 is 0. The standard InChI is InChI=1S/C40H48N2O4/c1-4-25-16-31-29-18-27(43-2)8-11-37(29)46-40(31)34-14-24-21-42(25)36(34)15-23(24)6-7-26-17-32-30-19-28(44-3)9-12-38(30)45-39(32)33-13-22-5-10-35(33)41(26)20-22/h8-9,11-12,18-19,22-26,33-36H,4-7,10,13-17,20-21H2,1-3H3/t22?,23?,24?,25-,26+,33?,34?,35?,36?/m0/s1. The van der Waals surface area contributed by atoms with Crippen molar-refractivity contribution in [2.75, 3.05) is 27.3 Å². The Hall–Kier alpha value is -2.96. The van der Waals surface area contributed by atoms with Crippen LogP contribution >= 0.6 is 0 Å². The monoisotopic (exact) mass is 620 g/mol. The molecule has 2 aromatic heterocycles. The Labute approximate surface area is 272 Å². The number of hydrogen-bond donors (Lipinski definition) is 0. The van der Waals surface area contributed by atoms with Crippen LogP contribution < -0.4 is 9.47 Å². The van der Waals surface area contributed by atoms with Gasteiger partial charge in [-0.3, -0.25) is 9.80 Å². The molecule has 2 aromatic carbocycles. The molecular formula is C40H48N2O4. The van der Waals surface area contributed by atoms with Gasteiger partial charge in [0.1, 0.15) is 34.2 Å². The predicted octanol–water partition coefficient (Wildman–Crippen LogP) is 8.30. The summed E-state index contributed by atoms with van der Waals surface area (Å²) in [5.74, 6) is 7.92. The largest absolute Gasteiger partial charge is 0.497 e. The van der Waals surface area contributed by atoms with Crippen LogP contribution in [0.15, 0.2) is 45.2 Å². The average molecular weight is 621 g/mol. The molecule has 4 aromatic rings. The van der Waals surface area contributed by atoms with E-state index >= 15 is 0 Å². The highest BCUT2D eigenvalue weighted by Crippen LogP contribution is 2.55. The van der Waals surface area contributed by atoms with Crippen LogP contribution in [-0.2, 0) is 12.8 Å². The van der Waals surface area contributed by atoms with Crippen LogP contribution in [0.25, 0.3) is 21.9 Å². The summed E-state index contributed by atoms with van der Waals surface area (Å²) in [6.45, 7) is 4.96. The summed E-state index contributed by atoms with van der Waals surface area (Å²) in [6.07, 6.45) is 12.7. The first-order valence-electron chi connectivity index (χ1n) is 18.3. The number of furan rings is 2. The fraction of sp³-hybridized carbons (Fsp3) is 0.600. The van der Waals surface area contributed by atoms with Crippen LogP contribution in [0.3, 0.4) is 0 Å². The second-order valence-electron chi connectivity index (χ2n) is 15.7. The summed E-state index contributed by atoms with van der Waals surface area (Å²) in [4.78, 5) is 5.89. The molecule has 4 saturated heterocycles. The van der Waals surface area contributed by atoms with Gasteiger partial charge in [-0.15, -0.1) is 0 Å². The number of piperidine rings is 4. The van der Waals surface area contributed by atoms with Crippen molar-refractivity contribution in [3.63, 3.8) is 0 Å². The molecule has 6 nitrogen and oxygen atoms in total. The molecule has 8 aliphatic rings. The molecule has 9 unspecified atom stereocenters. The van der Waals surface area contributed by atoms with Crippen molar-refractivity contribution in [1.29, 1.82) is 0 Å². The smallest absolute Gasteiger partial charge is 0.134 e. The highest BCUT2D eigenvalue weighted by atomic mass is 16.5. The third-order valence-electron chi connectivity index (χ3n) is 13.8. The van der Waals surface area contributed by atoms with Crippen LogP contribution in [0.1, 0.15) is 92.8 Å². The minimum atomic E-state index is 0.520. The maximum atomic E-state index is 6.75. The molecule has 11 atom stereocenters. The topological polar surface area (TPSA) is 51.2 Å². The minimum absolute atomic E-state index is 0.520. The second-order valence-corrected chi connectivity index (χ2v) is 15.7. The van der Waals surface area contributed by atoms with Gasteiger partial charge in [0.25, 0.3) is 0 Å². The van der Waals surface area contributed by atoms with Crippen LogP contribution in [0.5, 0.6) is 11.5 Å². The van der Waals surface area contributed by atoms with Crippen molar-refractivity contribution < 1.29 is 18.3 Å². The highest BCUT2D eigenvalue weighted by molar-refractivity contribution is 5.85. The molecule has 8 bridgehead atoms. The highest BCUT2D eigenvalue weighted by Gasteiger charge is 2.52. The van der Waals surface area contributed by atoms with E-state index in [1.807, 2.05) is 6.07 Å². The predicted molar refractivity (Wildman–Crippen MR) is 180 cm³/mol. The SMILES string of the molecule is CC[C@H]1Cc2c(oc3ccc(OC)cc23)C2CC3CN1C2CC3CC[C@@H]1Cc2c(oc3ccc(OC)cc23)C2CC3CCC2N1C3. The van der Waals surface area contributed by atoms with Crippen molar-refractivity contribution in [2.45, 2.75) is 107 Å². The molecular weight excluding hydrogens is 572 g/mol. The molecule has 6 fully saturated rings. The third-order valence-corrected chi connectivity index (χ3v) is 13.8. The lowest BCUT2D eigenvalue weighted by Crippen LogP contribution is -2.58. The quantitative estimate of drug-likeness (QED) is 0.216. The summed E-state index contributed by atoms with van der Waals surface area (Å²) < 4.78 is 24.8. The van der Waals surface area contributed by atoms with Crippen molar-refractivity contribution in [3.8, 4) is 11.5 Å². The van der Waals surface area contributed by atoms with E-state index in [2.05, 4.69) is 47.1 Å². The van der Waals surface area contributed by atoms with Gasteiger partial charge in [-0.2, -0.15) is 0 Å². The maximum Gasteiger partial charge on any atom is 0.134 e. The lowest BCUT2D eigenvalue weighted by atomic mass is 9.64. The van der Waals surface area contributed by atoms with E-state index in [0.29, 0.717) is 36.0 Å². The minimum Gasteiger partial charge on any atom is -0.497 e. The van der Waals surface area contributed by atoms with Gasteiger partial charge in [-0.25, -0.2) is 0 Å². The second kappa shape index (κ2) is 10.5. The van der Waals surface area contributed by atoms with E-state index in [4.69, 9.17) is 18.3 Å². The fourth-order valence-electron chi connectivity index (χ4n) is 11.7. The number of ether oxygens (including phenoxy) is 2. The zero-order valence-electron chi connectivity index (χ0n) is 27.7. The lowest BCUT2D eigenvalue weighted by Gasteiger charge is -2.55. The molecule has 2 aliphatic carbocycles. The van der Waals surface area contributed by atoms with Crippen LogP contribution in [0, 0.1) is 17.8 Å². The van der Waals surface area contributed by atoms with E-state index in [1.165, 1.54) is 97.9 Å². The molecule has 12 rings (SSSR count). The summed E-state index contributed by atoms with van der Waals surface area (Å²) in [7, 11) is 3.54. The van der Waals surface area contributed by atoms with Crippen LogP contribution in [-0.4, -0.2) is 61.3 Å². The van der Waals surface area contributed by atoms with E-state index in [1.54, 1.807) is 14.2 Å². The van der Waals surface area contributed by atoms with Crippen molar-refractivity contribution in [3.05, 3.63) is 59.0 Å². The van der Waals surface area contributed by atoms with Gasteiger partial charge in [-0.1, -0.05) is 6.92 Å². The zero-order chi connectivity index (χ0) is 30.7. The molecule has 0 N–H and O–H groups in total. The Morgan fingerprint density at radius 3 is 2.00 bits per heavy atom. The van der Waals surface area contributed by atoms with Gasteiger partial charge in [0, 0.05) is 71.0 Å². The van der Waals surface area contributed by atoms with E-state index in [-0.39, 0.29) is 0 Å². The average Bonchev–Trinajstić information content (AvgIpc) is 3.60. The van der Waals surface area contributed by atoms with Gasteiger partial charge in [0.15, 0.2) is 0 Å². The fourth-order valence-corrected chi connectivity index (χ4v) is 11.7. The molecule has 2 saturated carbocycles. The summed E-state index contributed by atoms with van der Waals surface area (Å²) in [6, 6.07) is 15.3. The Kier molecular flexibility index (Phi) is 6.42. The molecule has 242 valence electrons. The van der Waals surface area contributed by atoms with Gasteiger partial charge in [-0.05, 0) is 118 Å². The number of rotatable bonds is 6. The zero-order valence-corrected chi connectivity index (χ0v) is 27.7.